The molecule has 0 bridgehead atoms. The molecule has 2 unspecified atom stereocenters. The number of carboxylic acid groups (broad SMARTS) is 1. The van der Waals surface area contributed by atoms with Crippen LogP contribution in [0.1, 0.15) is 18.4 Å². The molecule has 1 aliphatic heterocycles. The zero-order valence-electron chi connectivity index (χ0n) is 7.53. The summed E-state index contributed by atoms with van der Waals surface area (Å²) >= 11 is 7.41. The van der Waals surface area contributed by atoms with Crippen molar-refractivity contribution in [1.82, 2.24) is 0 Å². The average Bonchev–Trinajstić information content (AvgIpc) is 2.39. The fourth-order valence-electron chi connectivity index (χ4n) is 1.72. The van der Waals surface area contributed by atoms with Crippen molar-refractivity contribution in [3.8, 4) is 0 Å². The van der Waals surface area contributed by atoms with E-state index in [0.717, 1.165) is 10.5 Å². The molecule has 0 aliphatic carbocycles. The van der Waals surface area contributed by atoms with Crippen LogP contribution in [0, 0.1) is 0 Å². The molecule has 4 heteroatoms. The third kappa shape index (κ3) is 1.51. The quantitative estimate of drug-likeness (QED) is 0.803. The van der Waals surface area contributed by atoms with E-state index in [1.807, 2.05) is 19.1 Å². The molecule has 14 heavy (non-hydrogen) atoms. The van der Waals surface area contributed by atoms with Crippen LogP contribution in [0.4, 0.5) is 0 Å². The molecule has 0 saturated carbocycles. The van der Waals surface area contributed by atoms with Crippen LogP contribution >= 0.6 is 23.4 Å². The lowest BCUT2D eigenvalue weighted by Crippen LogP contribution is -2.16. The van der Waals surface area contributed by atoms with E-state index in [9.17, 15) is 4.79 Å². The van der Waals surface area contributed by atoms with Crippen molar-refractivity contribution in [3.63, 3.8) is 0 Å². The predicted octanol–water partition coefficient (Wildman–Crippen LogP) is 3.00. The van der Waals surface area contributed by atoms with E-state index >= 15 is 0 Å². The Morgan fingerprint density at radius 2 is 2.29 bits per heavy atom. The summed E-state index contributed by atoms with van der Waals surface area (Å²) in [6, 6.07) is 5.39. The van der Waals surface area contributed by atoms with Gasteiger partial charge in [-0.3, -0.25) is 4.79 Å². The number of fused-ring (bicyclic) bond motifs is 1. The number of aliphatic carboxylic acids is 1. The topological polar surface area (TPSA) is 37.3 Å². The maximum absolute atomic E-state index is 11.0. The van der Waals surface area contributed by atoms with E-state index in [-0.39, 0.29) is 5.25 Å². The highest BCUT2D eigenvalue weighted by Crippen LogP contribution is 2.46. The van der Waals surface area contributed by atoms with E-state index in [0.29, 0.717) is 5.02 Å². The third-order valence-electron chi connectivity index (χ3n) is 2.36. The molecule has 1 aromatic carbocycles. The molecule has 2 atom stereocenters. The van der Waals surface area contributed by atoms with Crippen molar-refractivity contribution in [2.45, 2.75) is 23.0 Å². The fourth-order valence-corrected chi connectivity index (χ4v) is 3.28. The van der Waals surface area contributed by atoms with Crippen molar-refractivity contribution in [2.24, 2.45) is 0 Å². The van der Waals surface area contributed by atoms with Crippen molar-refractivity contribution in [3.05, 3.63) is 28.8 Å². The highest BCUT2D eigenvalue weighted by atomic mass is 35.5. The smallest absolute Gasteiger partial charge is 0.312 e. The van der Waals surface area contributed by atoms with Crippen LogP contribution in [0.15, 0.2) is 23.1 Å². The Kier molecular flexibility index (Phi) is 2.45. The van der Waals surface area contributed by atoms with E-state index in [1.54, 1.807) is 17.8 Å². The molecule has 0 aromatic heterocycles. The maximum atomic E-state index is 11.0. The van der Waals surface area contributed by atoms with E-state index in [2.05, 4.69) is 0 Å². The summed E-state index contributed by atoms with van der Waals surface area (Å²) < 4.78 is 0. The minimum atomic E-state index is -0.758. The number of thioether (sulfide) groups is 1. The highest BCUT2D eigenvalue weighted by molar-refractivity contribution is 8.00. The number of benzene rings is 1. The van der Waals surface area contributed by atoms with Gasteiger partial charge < -0.3 is 5.11 Å². The molecule has 74 valence electrons. The van der Waals surface area contributed by atoms with Gasteiger partial charge in [-0.1, -0.05) is 24.6 Å². The van der Waals surface area contributed by atoms with Crippen molar-refractivity contribution >= 4 is 29.3 Å². The zero-order valence-corrected chi connectivity index (χ0v) is 9.10. The zero-order chi connectivity index (χ0) is 10.3. The van der Waals surface area contributed by atoms with Crippen LogP contribution in [0.2, 0.25) is 5.02 Å². The van der Waals surface area contributed by atoms with Crippen LogP contribution in [0.25, 0.3) is 0 Å². The van der Waals surface area contributed by atoms with Crippen molar-refractivity contribution in [2.75, 3.05) is 0 Å². The van der Waals surface area contributed by atoms with E-state index in [1.165, 1.54) is 0 Å². The molecule has 1 heterocycles. The number of hydrogen-bond acceptors (Lipinski definition) is 2. The molecular formula is C10H9ClO2S. The molecule has 0 radical (unpaired) electrons. The van der Waals surface area contributed by atoms with Crippen molar-refractivity contribution < 1.29 is 9.90 Å². The molecule has 1 aliphatic rings. The van der Waals surface area contributed by atoms with Gasteiger partial charge in [-0.05, 0) is 17.7 Å². The van der Waals surface area contributed by atoms with Crippen molar-refractivity contribution in [1.29, 1.82) is 0 Å². The van der Waals surface area contributed by atoms with Gasteiger partial charge >= 0.3 is 5.97 Å². The Morgan fingerprint density at radius 3 is 2.93 bits per heavy atom. The molecular weight excluding hydrogens is 220 g/mol. The van der Waals surface area contributed by atoms with Crippen LogP contribution in [0.3, 0.4) is 0 Å². The third-order valence-corrected chi connectivity index (χ3v) is 3.85. The lowest BCUT2D eigenvalue weighted by atomic mass is 9.97. The second kappa shape index (κ2) is 3.48. The van der Waals surface area contributed by atoms with Gasteiger partial charge in [0.05, 0.1) is 5.92 Å². The molecule has 1 N–H and O–H groups in total. The van der Waals surface area contributed by atoms with E-state index in [4.69, 9.17) is 16.7 Å². The van der Waals surface area contributed by atoms with Gasteiger partial charge in [-0.15, -0.1) is 11.8 Å². The Bertz CT molecular complexity index is 392. The van der Waals surface area contributed by atoms with Crippen LogP contribution < -0.4 is 0 Å². The molecule has 2 nitrogen and oxygen atoms in total. The predicted molar refractivity (Wildman–Crippen MR) is 57.1 cm³/mol. The highest BCUT2D eigenvalue weighted by Gasteiger charge is 2.35. The molecule has 0 fully saturated rings. The molecule has 0 saturated heterocycles. The summed E-state index contributed by atoms with van der Waals surface area (Å²) in [5, 5.41) is 9.80. The molecule has 1 aromatic rings. The molecule has 2 rings (SSSR count). The Labute approximate surface area is 91.3 Å². The van der Waals surface area contributed by atoms with Gasteiger partial charge in [0, 0.05) is 15.2 Å². The Hall–Kier alpha value is -0.670. The molecule has 0 amide bonds. The second-order valence-corrected chi connectivity index (χ2v) is 5.18. The summed E-state index contributed by atoms with van der Waals surface area (Å²) in [6.45, 7) is 1.93. The first kappa shape index (κ1) is 9.87. The van der Waals surface area contributed by atoms with E-state index < -0.39 is 11.9 Å². The monoisotopic (exact) mass is 228 g/mol. The maximum Gasteiger partial charge on any atom is 0.312 e. The minimum Gasteiger partial charge on any atom is -0.481 e. The lowest BCUT2D eigenvalue weighted by molar-refractivity contribution is -0.138. The second-order valence-electron chi connectivity index (χ2n) is 3.32. The van der Waals surface area contributed by atoms with Crippen LogP contribution in [0.5, 0.6) is 0 Å². The summed E-state index contributed by atoms with van der Waals surface area (Å²) in [4.78, 5) is 12.0. The minimum absolute atomic E-state index is 0.0842. The number of rotatable bonds is 1. The summed E-state index contributed by atoms with van der Waals surface area (Å²) in [5.41, 5.74) is 0.888. The number of hydrogen-bond donors (Lipinski definition) is 1. The molecule has 0 spiro atoms. The Balaban J connectivity index is 2.48. The number of carboxylic acids is 1. The first-order valence-corrected chi connectivity index (χ1v) is 5.54. The van der Waals surface area contributed by atoms with Gasteiger partial charge in [0.15, 0.2) is 0 Å². The normalized spacial score (nSPS) is 24.7. The van der Waals surface area contributed by atoms with Gasteiger partial charge in [-0.2, -0.15) is 0 Å². The van der Waals surface area contributed by atoms with Gasteiger partial charge in [0.25, 0.3) is 0 Å². The standard InChI is InChI=1S/C10H9ClO2S/c1-5-9(10(12)13)7-3-2-6(11)4-8(7)14-5/h2-5,9H,1H3,(H,12,13). The van der Waals surface area contributed by atoms with Crippen LogP contribution in [-0.2, 0) is 4.79 Å². The summed E-state index contributed by atoms with van der Waals surface area (Å²) in [7, 11) is 0. The fraction of sp³-hybridized carbons (Fsp3) is 0.300. The first-order valence-electron chi connectivity index (χ1n) is 4.28. The van der Waals surface area contributed by atoms with Gasteiger partial charge in [0.2, 0.25) is 0 Å². The first-order chi connectivity index (χ1) is 6.59. The van der Waals surface area contributed by atoms with Crippen LogP contribution in [-0.4, -0.2) is 16.3 Å². The lowest BCUT2D eigenvalue weighted by Gasteiger charge is -2.09. The van der Waals surface area contributed by atoms with Gasteiger partial charge in [0.1, 0.15) is 0 Å². The SMILES string of the molecule is CC1Sc2cc(Cl)ccc2C1C(=O)O. The number of halogens is 1. The van der Waals surface area contributed by atoms with Gasteiger partial charge in [-0.25, -0.2) is 0 Å². The Morgan fingerprint density at radius 1 is 1.57 bits per heavy atom. The summed E-state index contributed by atoms with van der Waals surface area (Å²) in [6.07, 6.45) is 0. The summed E-state index contributed by atoms with van der Waals surface area (Å²) in [5.74, 6) is -1.15. The largest absolute Gasteiger partial charge is 0.481 e. The average molecular weight is 229 g/mol. The number of carbonyl (C=O) groups is 1.